The van der Waals surface area contributed by atoms with Crippen LogP contribution in [-0.2, 0) is 4.79 Å². The molecule has 1 aliphatic heterocycles. The van der Waals surface area contributed by atoms with Crippen LogP contribution in [0.15, 0.2) is 30.8 Å². The fourth-order valence-corrected chi connectivity index (χ4v) is 2.91. The molecular weight excluding hydrogens is 253 g/mol. The highest BCUT2D eigenvalue weighted by molar-refractivity contribution is 6.58. The van der Waals surface area contributed by atoms with Crippen LogP contribution in [0.3, 0.4) is 0 Å². The zero-order chi connectivity index (χ0) is 15.6. The fourth-order valence-electron chi connectivity index (χ4n) is 2.91. The van der Waals surface area contributed by atoms with Crippen LogP contribution in [0.4, 0.5) is 4.79 Å². The summed E-state index contributed by atoms with van der Waals surface area (Å²) in [7, 11) is 1.36. The molecule has 1 aromatic rings. The summed E-state index contributed by atoms with van der Waals surface area (Å²) in [5, 5.41) is 4.49. The molecule has 1 aliphatic rings. The first kappa shape index (κ1) is 13.1. The number of benzene rings is 1. The van der Waals surface area contributed by atoms with Crippen LogP contribution in [0, 0.1) is 0 Å². The van der Waals surface area contributed by atoms with Gasteiger partial charge >= 0.3 is 0 Å². The van der Waals surface area contributed by atoms with Crippen molar-refractivity contribution in [1.82, 2.24) is 4.90 Å². The van der Waals surface area contributed by atoms with Gasteiger partial charge in [-0.1, -0.05) is 36.4 Å². The minimum Gasteiger partial charge on any atom is -0.394 e. The first-order valence-electron chi connectivity index (χ1n) is 7.03. The minimum atomic E-state index is -0.437. The Morgan fingerprint density at radius 3 is 2.90 bits per heavy atom. The zero-order valence-electron chi connectivity index (χ0n) is 12.8. The molecule has 1 N–H and O–H groups in total. The third-order valence-corrected chi connectivity index (χ3v) is 3.79. The minimum absolute atomic E-state index is 0.0144. The molecule has 1 saturated heterocycles. The third kappa shape index (κ3) is 2.41. The summed E-state index contributed by atoms with van der Waals surface area (Å²) < 4.78 is 6.99. The van der Waals surface area contributed by atoms with Gasteiger partial charge < -0.3 is 5.11 Å². The summed E-state index contributed by atoms with van der Waals surface area (Å²) in [6.45, 7) is 5.89. The maximum atomic E-state index is 12.1. The molecule has 0 spiro atoms. The summed E-state index contributed by atoms with van der Waals surface area (Å²) in [4.78, 5) is 25.1. The number of imide groups is 1. The fraction of sp³-hybridized carbons (Fsp3) is 0.333. The lowest BCUT2D eigenvalue weighted by molar-refractivity contribution is -0.126. The van der Waals surface area contributed by atoms with Crippen LogP contribution in [0.1, 0.15) is 30.4 Å². The molecule has 4 nitrogen and oxygen atoms in total. The van der Waals surface area contributed by atoms with Gasteiger partial charge in [0.05, 0.1) is 12.6 Å². The van der Waals surface area contributed by atoms with Crippen LogP contribution in [0.5, 0.6) is 0 Å². The standard InChI is InChI=1S/C15H18BNO3/c1-9(2)10-5-3-4-6-11(10)12-7-14(19)17(15(16)20)13(12)8-18/h3-6,12-13,18H,1,7-8,16H2,2H3/t12-,13-/m1/s1/i18T. The Hall–Kier alpha value is -1.88. The lowest BCUT2D eigenvalue weighted by Gasteiger charge is -2.25. The van der Waals surface area contributed by atoms with E-state index >= 15 is 0 Å². The highest BCUT2D eigenvalue weighted by atomic mass is 16.3. The zero-order valence-corrected chi connectivity index (χ0v) is 11.8. The van der Waals surface area contributed by atoms with Crippen LogP contribution >= 0.6 is 0 Å². The van der Waals surface area contributed by atoms with Crippen LogP contribution in [-0.4, -0.2) is 43.6 Å². The molecule has 1 fully saturated rings. The molecule has 20 heavy (non-hydrogen) atoms. The van der Waals surface area contributed by atoms with Gasteiger partial charge in [-0.25, -0.2) is 0 Å². The number of amides is 2. The number of rotatable bonds is 4. The van der Waals surface area contributed by atoms with E-state index in [9.17, 15) is 9.59 Å². The number of carbonyl (C=O) groups excluding carboxylic acids is 2. The molecule has 1 aromatic carbocycles. The Bertz CT molecular complexity index is 590. The molecule has 0 aromatic heterocycles. The Morgan fingerprint density at radius 2 is 2.30 bits per heavy atom. The van der Waals surface area contributed by atoms with Crippen molar-refractivity contribution in [3.8, 4) is 0 Å². The third-order valence-electron chi connectivity index (χ3n) is 3.79. The Morgan fingerprint density at radius 1 is 1.60 bits per heavy atom. The number of hydrogen-bond donors (Lipinski definition) is 1. The van der Waals surface area contributed by atoms with Gasteiger partial charge in [0, 0.05) is 12.3 Å². The van der Waals surface area contributed by atoms with Gasteiger partial charge in [-0.15, -0.1) is 0 Å². The molecule has 104 valence electrons. The van der Waals surface area contributed by atoms with Crippen molar-refractivity contribution in [3.05, 3.63) is 42.0 Å². The van der Waals surface area contributed by atoms with E-state index in [-0.39, 0.29) is 30.7 Å². The number of aliphatic hydroxyl groups is 1. The second-order valence-electron chi connectivity index (χ2n) is 5.19. The van der Waals surface area contributed by atoms with E-state index in [4.69, 9.17) is 1.43 Å². The van der Waals surface area contributed by atoms with Crippen molar-refractivity contribution in [3.63, 3.8) is 0 Å². The molecular formula is C15H18BNO3. The molecule has 0 unspecified atom stereocenters. The van der Waals surface area contributed by atoms with Gasteiger partial charge in [0.2, 0.25) is 15.2 Å². The van der Waals surface area contributed by atoms with Crippen molar-refractivity contribution in [1.29, 1.82) is 1.43 Å². The maximum Gasteiger partial charge on any atom is 0.229 e. The monoisotopic (exact) mass is 273 g/mol. The van der Waals surface area contributed by atoms with Crippen molar-refractivity contribution >= 4 is 25.1 Å². The number of aliphatic hydroxyl groups excluding tert-OH is 1. The molecule has 1 heterocycles. The summed E-state index contributed by atoms with van der Waals surface area (Å²) in [6.07, 6.45) is 0.248. The molecule has 0 radical (unpaired) electrons. The number of carbonyl (C=O) groups is 2. The van der Waals surface area contributed by atoms with E-state index in [0.717, 1.165) is 16.7 Å². The Balaban J connectivity index is 2.45. The average Bonchev–Trinajstić information content (AvgIpc) is 2.76. The SMILES string of the molecule is [3H]OC[C@@H]1[C@@H](c2ccccc2C(=C)C)CC(=O)N1C(B)=O. The Labute approximate surface area is 121 Å². The van der Waals surface area contributed by atoms with Crippen molar-refractivity contribution < 1.29 is 14.7 Å². The number of hydrogen-bond acceptors (Lipinski definition) is 3. The van der Waals surface area contributed by atoms with E-state index in [1.165, 1.54) is 12.7 Å². The van der Waals surface area contributed by atoms with E-state index in [1.54, 1.807) is 0 Å². The molecule has 2 amide bonds. The van der Waals surface area contributed by atoms with Gasteiger partial charge in [-0.2, -0.15) is 0 Å². The average molecular weight is 273 g/mol. The molecule has 0 saturated carbocycles. The van der Waals surface area contributed by atoms with E-state index in [0.29, 0.717) is 0 Å². The summed E-state index contributed by atoms with van der Waals surface area (Å²) in [5.41, 5.74) is 2.87. The summed E-state index contributed by atoms with van der Waals surface area (Å²) in [5.74, 6) is -0.692. The lowest BCUT2D eigenvalue weighted by atomic mass is 9.86. The van der Waals surface area contributed by atoms with Crippen molar-refractivity contribution in [2.75, 3.05) is 6.61 Å². The van der Waals surface area contributed by atoms with Gasteiger partial charge in [-0.05, 0) is 18.1 Å². The number of likely N-dealkylation sites (tertiary alicyclic amines) is 1. The van der Waals surface area contributed by atoms with Gasteiger partial charge in [0.1, 0.15) is 0 Å². The van der Waals surface area contributed by atoms with E-state index in [1.807, 2.05) is 31.2 Å². The molecule has 0 aliphatic carbocycles. The topological polar surface area (TPSA) is 57.6 Å². The smallest absolute Gasteiger partial charge is 0.229 e. The summed E-state index contributed by atoms with van der Waals surface area (Å²) >= 11 is 0. The maximum absolute atomic E-state index is 12.1. The largest absolute Gasteiger partial charge is 0.394 e. The van der Waals surface area contributed by atoms with Gasteiger partial charge in [0.15, 0.2) is 5.81 Å². The summed E-state index contributed by atoms with van der Waals surface area (Å²) in [6, 6.07) is 7.29. The van der Waals surface area contributed by atoms with Crippen LogP contribution in [0.2, 0.25) is 0 Å². The van der Waals surface area contributed by atoms with Crippen molar-refractivity contribution in [2.45, 2.75) is 25.3 Å². The van der Waals surface area contributed by atoms with E-state index in [2.05, 4.69) is 11.7 Å². The predicted molar refractivity (Wildman–Crippen MR) is 80.2 cm³/mol. The first-order chi connectivity index (χ1) is 9.97. The first-order valence-corrected chi connectivity index (χ1v) is 6.63. The molecule has 0 bridgehead atoms. The number of allylic oxidation sites excluding steroid dienone is 1. The van der Waals surface area contributed by atoms with Crippen LogP contribution in [0.25, 0.3) is 5.57 Å². The van der Waals surface area contributed by atoms with E-state index < -0.39 is 6.04 Å². The second kappa shape index (κ2) is 5.63. The second-order valence-corrected chi connectivity index (χ2v) is 5.19. The van der Waals surface area contributed by atoms with Gasteiger partial charge in [0.25, 0.3) is 0 Å². The quantitative estimate of drug-likeness (QED) is 0.837. The van der Waals surface area contributed by atoms with Crippen molar-refractivity contribution in [2.24, 2.45) is 0 Å². The predicted octanol–water partition coefficient (Wildman–Crippen LogP) is 1.15. The highest BCUT2D eigenvalue weighted by Crippen LogP contribution is 2.37. The number of nitrogens with zero attached hydrogens (tertiary/aromatic N) is 1. The molecule has 2 rings (SSSR count). The van der Waals surface area contributed by atoms with Crippen LogP contribution < -0.4 is 0 Å². The van der Waals surface area contributed by atoms with Gasteiger partial charge in [-0.3, -0.25) is 14.5 Å². The Kier molecular flexibility index (Phi) is 3.69. The highest BCUT2D eigenvalue weighted by Gasteiger charge is 2.42. The lowest BCUT2D eigenvalue weighted by Crippen LogP contribution is -2.41. The molecule has 2 atom stereocenters. The molecule has 5 heteroatoms. The normalized spacial score (nSPS) is 22.8.